The fraction of sp³-hybridized carbons (Fsp3) is 0. The van der Waals surface area contributed by atoms with Gasteiger partial charge < -0.3 is 0 Å². The maximum absolute atomic E-state index is 10.4. The Hall–Kier alpha value is -1.00. The summed E-state index contributed by atoms with van der Waals surface area (Å²) in [6.45, 7) is 0. The molecule has 0 heterocycles. The summed E-state index contributed by atoms with van der Waals surface area (Å²) >= 11 is 0. The molecule has 3 N–H and O–H groups in total. The second-order valence-electron chi connectivity index (χ2n) is 2.24. The van der Waals surface area contributed by atoms with E-state index in [2.05, 4.69) is 0 Å². The summed E-state index contributed by atoms with van der Waals surface area (Å²) in [4.78, 5) is -0.0741. The largest absolute Gasteiger partial charge is 0.394 e. The first-order valence-corrected chi connectivity index (χ1v) is 6.17. The second-order valence-corrected chi connectivity index (χ2v) is 4.55. The lowest BCUT2D eigenvalue weighted by atomic mass is 10.4. The number of rotatable bonds is 1. The summed E-state index contributed by atoms with van der Waals surface area (Å²) < 4.78 is 60.8. The van der Waals surface area contributed by atoms with Gasteiger partial charge in [-0.3, -0.25) is 13.7 Å². The van der Waals surface area contributed by atoms with Gasteiger partial charge in [0.05, 0.1) is 4.90 Å². The monoisotopic (exact) mass is 256 g/mol. The van der Waals surface area contributed by atoms with Gasteiger partial charge in [0.25, 0.3) is 10.1 Å². The van der Waals surface area contributed by atoms with Gasteiger partial charge in [-0.25, -0.2) is 0 Å². The average Bonchev–Trinajstić information content (AvgIpc) is 2.01. The lowest BCUT2D eigenvalue weighted by Crippen LogP contribution is -1.96. The molecule has 15 heavy (non-hydrogen) atoms. The molecule has 1 rings (SSSR count). The molecule has 1 aromatic rings. The van der Waals surface area contributed by atoms with E-state index < -0.39 is 20.5 Å². The lowest BCUT2D eigenvalue weighted by Gasteiger charge is -1.92. The van der Waals surface area contributed by atoms with Crippen molar-refractivity contribution in [2.75, 3.05) is 0 Å². The number of hydrogen-bond acceptors (Lipinski definition) is 4. The molecule has 0 bridgehead atoms. The van der Waals surface area contributed by atoms with Crippen molar-refractivity contribution >= 4 is 20.5 Å². The quantitative estimate of drug-likeness (QED) is 0.615. The van der Waals surface area contributed by atoms with Crippen LogP contribution in [0.4, 0.5) is 0 Å². The molecular formula is C6H8O7S2. The van der Waals surface area contributed by atoms with Gasteiger partial charge in [0, 0.05) is 0 Å². The van der Waals surface area contributed by atoms with Crippen molar-refractivity contribution in [2.45, 2.75) is 4.90 Å². The van der Waals surface area contributed by atoms with Crippen LogP contribution in [0.25, 0.3) is 0 Å². The van der Waals surface area contributed by atoms with Gasteiger partial charge in [-0.2, -0.15) is 16.8 Å². The molecule has 0 amide bonds. The van der Waals surface area contributed by atoms with Gasteiger partial charge in [0.1, 0.15) is 0 Å². The van der Waals surface area contributed by atoms with Crippen molar-refractivity contribution in [1.29, 1.82) is 0 Å². The molecule has 7 nitrogen and oxygen atoms in total. The van der Waals surface area contributed by atoms with Crippen LogP contribution in [0.5, 0.6) is 0 Å². The third-order valence-electron chi connectivity index (χ3n) is 1.04. The minimum absolute atomic E-state index is 0.0741. The summed E-state index contributed by atoms with van der Waals surface area (Å²) in [5, 5.41) is 0. The minimum atomic E-state index is -4.67. The Labute approximate surface area is 86.7 Å². The summed E-state index contributed by atoms with van der Waals surface area (Å²) in [6.07, 6.45) is 0. The van der Waals surface area contributed by atoms with Crippen molar-refractivity contribution in [2.24, 2.45) is 0 Å². The smallest absolute Gasteiger partial charge is 0.282 e. The highest BCUT2D eigenvalue weighted by molar-refractivity contribution is 7.85. The van der Waals surface area contributed by atoms with Crippen molar-refractivity contribution in [1.82, 2.24) is 0 Å². The van der Waals surface area contributed by atoms with Gasteiger partial charge in [-0.15, -0.1) is 0 Å². The SMILES string of the molecule is O=S(=O)(O)O.O=S(=O)(O)c1ccccc1. The molecule has 0 saturated heterocycles. The van der Waals surface area contributed by atoms with Crippen molar-refractivity contribution in [3.8, 4) is 0 Å². The normalized spacial score (nSPS) is 11.4. The molecule has 0 saturated carbocycles. The summed E-state index contributed by atoms with van der Waals surface area (Å²) in [7, 11) is -8.67. The molecule has 9 heteroatoms. The first-order valence-electron chi connectivity index (χ1n) is 3.33. The maximum Gasteiger partial charge on any atom is 0.394 e. The third-order valence-corrected chi connectivity index (χ3v) is 1.91. The molecule has 0 aromatic heterocycles. The van der Waals surface area contributed by atoms with E-state index in [-0.39, 0.29) is 4.90 Å². The highest BCUT2D eigenvalue weighted by atomic mass is 32.3. The molecule has 0 aliphatic heterocycles. The van der Waals surface area contributed by atoms with E-state index in [4.69, 9.17) is 22.1 Å². The highest BCUT2D eigenvalue weighted by Gasteiger charge is 2.05. The Morgan fingerprint density at radius 1 is 0.800 bits per heavy atom. The molecule has 0 aliphatic rings. The van der Waals surface area contributed by atoms with Crippen molar-refractivity contribution in [3.63, 3.8) is 0 Å². The summed E-state index contributed by atoms with van der Waals surface area (Å²) in [6, 6.07) is 7.42. The molecule has 0 spiro atoms. The molecular weight excluding hydrogens is 248 g/mol. The van der Waals surface area contributed by atoms with E-state index >= 15 is 0 Å². The van der Waals surface area contributed by atoms with Crippen molar-refractivity contribution in [3.05, 3.63) is 30.3 Å². The molecule has 86 valence electrons. The second kappa shape index (κ2) is 5.19. The van der Waals surface area contributed by atoms with E-state index in [9.17, 15) is 8.42 Å². The van der Waals surface area contributed by atoms with E-state index in [0.29, 0.717) is 0 Å². The van der Waals surface area contributed by atoms with Crippen LogP contribution >= 0.6 is 0 Å². The molecule has 0 atom stereocenters. The van der Waals surface area contributed by atoms with Crippen LogP contribution in [0.3, 0.4) is 0 Å². The Morgan fingerprint density at radius 3 is 1.33 bits per heavy atom. The van der Waals surface area contributed by atoms with Gasteiger partial charge in [0.15, 0.2) is 0 Å². The molecule has 1 aromatic carbocycles. The van der Waals surface area contributed by atoms with Crippen molar-refractivity contribution < 1.29 is 30.5 Å². The summed E-state index contributed by atoms with van der Waals surface area (Å²) in [5.41, 5.74) is 0. The predicted octanol–water partition coefficient (Wildman–Crippen LogP) is 0.280. The van der Waals surface area contributed by atoms with Gasteiger partial charge in [-0.05, 0) is 12.1 Å². The van der Waals surface area contributed by atoms with Crippen LogP contribution in [-0.2, 0) is 20.5 Å². The maximum atomic E-state index is 10.4. The van der Waals surface area contributed by atoms with Gasteiger partial charge >= 0.3 is 10.4 Å². The predicted molar refractivity (Wildman–Crippen MR) is 50.4 cm³/mol. The average molecular weight is 256 g/mol. The van der Waals surface area contributed by atoms with E-state index in [1.807, 2.05) is 0 Å². The third kappa shape index (κ3) is 9.31. The molecule has 0 radical (unpaired) electrons. The molecule has 0 fully saturated rings. The lowest BCUT2D eigenvalue weighted by molar-refractivity contribution is 0.381. The molecule has 0 unspecified atom stereocenters. The Morgan fingerprint density at radius 2 is 1.13 bits per heavy atom. The fourth-order valence-electron chi connectivity index (χ4n) is 0.592. The first-order chi connectivity index (χ1) is 6.61. The summed E-state index contributed by atoms with van der Waals surface area (Å²) in [5.74, 6) is 0. The Balaban J connectivity index is 0.000000336. The standard InChI is InChI=1S/C6H6O3S.H2O4S/c7-10(8,9)6-4-2-1-3-5-6;1-5(2,3)4/h1-5H,(H,7,8,9);(H2,1,2,3,4). The number of benzene rings is 1. The first kappa shape index (κ1) is 14.0. The van der Waals surface area contributed by atoms with E-state index in [0.717, 1.165) is 0 Å². The number of hydrogen-bond donors (Lipinski definition) is 3. The minimum Gasteiger partial charge on any atom is -0.282 e. The Bertz CT molecular complexity index is 480. The van der Waals surface area contributed by atoms with Crippen LogP contribution in [0.1, 0.15) is 0 Å². The van der Waals surface area contributed by atoms with E-state index in [1.54, 1.807) is 18.2 Å². The highest BCUT2D eigenvalue weighted by Crippen LogP contribution is 2.05. The van der Waals surface area contributed by atoms with Crippen LogP contribution in [0, 0.1) is 0 Å². The van der Waals surface area contributed by atoms with E-state index in [1.165, 1.54) is 12.1 Å². The van der Waals surface area contributed by atoms with Gasteiger partial charge in [0.2, 0.25) is 0 Å². The van der Waals surface area contributed by atoms with Crippen LogP contribution < -0.4 is 0 Å². The van der Waals surface area contributed by atoms with Crippen LogP contribution in [-0.4, -0.2) is 30.5 Å². The molecule has 0 aliphatic carbocycles. The Kier molecular flexibility index (Phi) is 4.84. The fourth-order valence-corrected chi connectivity index (χ4v) is 1.09. The zero-order valence-corrected chi connectivity index (χ0v) is 8.81. The zero-order chi connectivity index (χ0) is 12.1. The topological polar surface area (TPSA) is 129 Å². The van der Waals surface area contributed by atoms with Gasteiger partial charge in [-0.1, -0.05) is 18.2 Å². The zero-order valence-electron chi connectivity index (χ0n) is 7.18. The van der Waals surface area contributed by atoms with Crippen LogP contribution in [0.2, 0.25) is 0 Å². The van der Waals surface area contributed by atoms with Crippen LogP contribution in [0.15, 0.2) is 35.2 Å².